The van der Waals surface area contributed by atoms with Gasteiger partial charge in [-0.1, -0.05) is 35.9 Å². The maximum Gasteiger partial charge on any atom is 0.262 e. The SMILES string of the molecule is Cc1ccccc1NC(=O)c1ccc(OCC(=O)Nc2cccc(Cl)c2C)cc1. The standard InChI is InChI=1S/C23H21ClN2O3/c1-15-6-3-4-8-20(15)26-23(28)17-10-12-18(13-11-17)29-14-22(27)25-21-9-5-7-19(24)16(21)2/h3-13H,14H2,1-2H3,(H,25,27)(H,26,28). The molecule has 6 heteroatoms. The molecule has 29 heavy (non-hydrogen) atoms. The molecule has 0 unspecified atom stereocenters. The number of aryl methyl sites for hydroxylation is 1. The van der Waals surface area contributed by atoms with E-state index in [9.17, 15) is 9.59 Å². The molecule has 148 valence electrons. The molecule has 2 N–H and O–H groups in total. The highest BCUT2D eigenvalue weighted by molar-refractivity contribution is 6.31. The van der Waals surface area contributed by atoms with E-state index in [1.165, 1.54) is 0 Å². The summed E-state index contributed by atoms with van der Waals surface area (Å²) in [6.45, 7) is 3.61. The van der Waals surface area contributed by atoms with Crippen molar-refractivity contribution in [3.05, 3.63) is 88.4 Å². The molecule has 0 spiro atoms. The monoisotopic (exact) mass is 408 g/mol. The van der Waals surface area contributed by atoms with E-state index in [0.29, 0.717) is 22.0 Å². The number of para-hydroxylation sites is 1. The summed E-state index contributed by atoms with van der Waals surface area (Å²) in [4.78, 5) is 24.5. The van der Waals surface area contributed by atoms with Crippen molar-refractivity contribution < 1.29 is 14.3 Å². The zero-order chi connectivity index (χ0) is 20.8. The molecule has 0 aliphatic rings. The van der Waals surface area contributed by atoms with Gasteiger partial charge in [-0.25, -0.2) is 0 Å². The quantitative estimate of drug-likeness (QED) is 0.587. The first kappa shape index (κ1) is 20.4. The first-order valence-corrected chi connectivity index (χ1v) is 9.46. The van der Waals surface area contributed by atoms with Crippen molar-refractivity contribution in [1.29, 1.82) is 0 Å². The number of amides is 2. The molecule has 2 amide bonds. The van der Waals surface area contributed by atoms with Crippen molar-refractivity contribution in [2.24, 2.45) is 0 Å². The van der Waals surface area contributed by atoms with Crippen LogP contribution in [0.4, 0.5) is 11.4 Å². The zero-order valence-corrected chi connectivity index (χ0v) is 16.9. The highest BCUT2D eigenvalue weighted by atomic mass is 35.5. The average Bonchev–Trinajstić information content (AvgIpc) is 2.72. The summed E-state index contributed by atoms with van der Waals surface area (Å²) in [5.74, 6) is -0.00725. The van der Waals surface area contributed by atoms with Gasteiger partial charge in [0.05, 0.1) is 0 Å². The van der Waals surface area contributed by atoms with Crippen LogP contribution in [0.1, 0.15) is 21.5 Å². The molecule has 5 nitrogen and oxygen atoms in total. The van der Waals surface area contributed by atoms with E-state index in [1.807, 2.05) is 38.1 Å². The minimum absolute atomic E-state index is 0.152. The molecule has 0 heterocycles. The Hall–Kier alpha value is -3.31. The molecule has 3 aromatic carbocycles. The molecule has 0 saturated heterocycles. The lowest BCUT2D eigenvalue weighted by Gasteiger charge is -2.11. The summed E-state index contributed by atoms with van der Waals surface area (Å²) in [5, 5.41) is 6.24. The predicted octanol–water partition coefficient (Wildman–Crippen LogP) is 5.23. The average molecular weight is 409 g/mol. The number of carbonyl (C=O) groups is 2. The Kier molecular flexibility index (Phi) is 6.52. The number of halogens is 1. The number of anilines is 2. The van der Waals surface area contributed by atoms with Gasteiger partial charge in [-0.2, -0.15) is 0 Å². The Morgan fingerprint density at radius 1 is 0.862 bits per heavy atom. The van der Waals surface area contributed by atoms with E-state index in [-0.39, 0.29) is 18.4 Å². The van der Waals surface area contributed by atoms with Gasteiger partial charge in [0.15, 0.2) is 6.61 Å². The van der Waals surface area contributed by atoms with Crippen LogP contribution in [0.25, 0.3) is 0 Å². The molecule has 0 bridgehead atoms. The summed E-state index contributed by atoms with van der Waals surface area (Å²) in [5.41, 5.74) is 3.70. The molecular formula is C23H21ClN2O3. The lowest BCUT2D eigenvalue weighted by Crippen LogP contribution is -2.20. The molecule has 0 radical (unpaired) electrons. The van der Waals surface area contributed by atoms with Gasteiger partial charge in [-0.3, -0.25) is 9.59 Å². The van der Waals surface area contributed by atoms with E-state index in [0.717, 1.165) is 16.8 Å². The number of benzene rings is 3. The molecule has 3 aromatic rings. The van der Waals surface area contributed by atoms with Crippen LogP contribution in [0.2, 0.25) is 5.02 Å². The number of hydrogen-bond acceptors (Lipinski definition) is 3. The van der Waals surface area contributed by atoms with Gasteiger partial charge in [-0.05, 0) is 67.4 Å². The van der Waals surface area contributed by atoms with Gasteiger partial charge in [0.1, 0.15) is 5.75 Å². The number of hydrogen-bond donors (Lipinski definition) is 2. The molecule has 0 aliphatic heterocycles. The Bertz CT molecular complexity index is 1030. The number of carbonyl (C=O) groups excluding carboxylic acids is 2. The minimum atomic E-state index is -0.295. The topological polar surface area (TPSA) is 67.4 Å². The third-order valence-electron chi connectivity index (χ3n) is 4.42. The normalized spacial score (nSPS) is 10.3. The maximum absolute atomic E-state index is 12.4. The van der Waals surface area contributed by atoms with Crippen LogP contribution in [-0.4, -0.2) is 18.4 Å². The number of nitrogens with one attached hydrogen (secondary N) is 2. The lowest BCUT2D eigenvalue weighted by molar-refractivity contribution is -0.118. The molecule has 0 aliphatic carbocycles. The van der Waals surface area contributed by atoms with Gasteiger partial charge >= 0.3 is 0 Å². The number of ether oxygens (including phenoxy) is 1. The molecule has 0 fully saturated rings. The second-order valence-electron chi connectivity index (χ2n) is 6.54. The maximum atomic E-state index is 12.4. The van der Waals surface area contributed by atoms with E-state index >= 15 is 0 Å². The highest BCUT2D eigenvalue weighted by Crippen LogP contribution is 2.23. The fourth-order valence-electron chi connectivity index (χ4n) is 2.69. The van der Waals surface area contributed by atoms with Crippen molar-refractivity contribution in [3.8, 4) is 5.75 Å². The Morgan fingerprint density at radius 3 is 2.28 bits per heavy atom. The van der Waals surface area contributed by atoms with Crippen molar-refractivity contribution in [1.82, 2.24) is 0 Å². The lowest BCUT2D eigenvalue weighted by atomic mass is 10.1. The van der Waals surface area contributed by atoms with Gasteiger partial charge in [-0.15, -0.1) is 0 Å². The molecule has 0 saturated carbocycles. The Morgan fingerprint density at radius 2 is 1.55 bits per heavy atom. The first-order valence-electron chi connectivity index (χ1n) is 9.09. The largest absolute Gasteiger partial charge is 0.484 e. The summed E-state index contributed by atoms with van der Waals surface area (Å²) < 4.78 is 5.51. The minimum Gasteiger partial charge on any atom is -0.484 e. The summed E-state index contributed by atoms with van der Waals surface area (Å²) in [7, 11) is 0. The van der Waals surface area contributed by atoms with Gasteiger partial charge < -0.3 is 15.4 Å². The predicted molar refractivity (Wildman–Crippen MR) is 116 cm³/mol. The van der Waals surface area contributed by atoms with Gasteiger partial charge in [0, 0.05) is 22.0 Å². The van der Waals surface area contributed by atoms with Crippen LogP contribution in [0.5, 0.6) is 5.75 Å². The first-order chi connectivity index (χ1) is 13.9. The fraction of sp³-hybridized carbons (Fsp3) is 0.130. The summed E-state index contributed by atoms with van der Waals surface area (Å²) >= 11 is 6.06. The zero-order valence-electron chi connectivity index (χ0n) is 16.2. The molecule has 3 rings (SSSR count). The van der Waals surface area contributed by atoms with Crippen LogP contribution in [0.15, 0.2) is 66.7 Å². The molecule has 0 aromatic heterocycles. The third-order valence-corrected chi connectivity index (χ3v) is 4.83. The Labute approximate surface area is 174 Å². The summed E-state index contributed by atoms with van der Waals surface area (Å²) in [6.07, 6.45) is 0. The van der Waals surface area contributed by atoms with Crippen molar-refractivity contribution in [2.45, 2.75) is 13.8 Å². The van der Waals surface area contributed by atoms with E-state index in [1.54, 1.807) is 42.5 Å². The van der Waals surface area contributed by atoms with Gasteiger partial charge in [0.2, 0.25) is 0 Å². The molecular weight excluding hydrogens is 388 g/mol. The van der Waals surface area contributed by atoms with Crippen LogP contribution < -0.4 is 15.4 Å². The van der Waals surface area contributed by atoms with Crippen LogP contribution in [0.3, 0.4) is 0 Å². The second kappa shape index (κ2) is 9.26. The van der Waals surface area contributed by atoms with Crippen LogP contribution >= 0.6 is 11.6 Å². The van der Waals surface area contributed by atoms with Crippen molar-refractivity contribution in [3.63, 3.8) is 0 Å². The highest BCUT2D eigenvalue weighted by Gasteiger charge is 2.10. The van der Waals surface area contributed by atoms with Crippen molar-refractivity contribution >= 4 is 34.8 Å². The summed E-state index contributed by atoms with van der Waals surface area (Å²) in [6, 6.07) is 19.5. The fourth-order valence-corrected chi connectivity index (χ4v) is 2.86. The smallest absolute Gasteiger partial charge is 0.262 e. The molecule has 0 atom stereocenters. The van der Waals surface area contributed by atoms with E-state index in [4.69, 9.17) is 16.3 Å². The van der Waals surface area contributed by atoms with Gasteiger partial charge in [0.25, 0.3) is 11.8 Å². The van der Waals surface area contributed by atoms with E-state index < -0.39 is 0 Å². The van der Waals surface area contributed by atoms with Crippen LogP contribution in [0, 0.1) is 13.8 Å². The van der Waals surface area contributed by atoms with Crippen LogP contribution in [-0.2, 0) is 4.79 Å². The number of rotatable bonds is 6. The van der Waals surface area contributed by atoms with Crippen molar-refractivity contribution in [2.75, 3.05) is 17.2 Å². The third kappa shape index (κ3) is 5.36. The van der Waals surface area contributed by atoms with E-state index in [2.05, 4.69) is 10.6 Å². The Balaban J connectivity index is 1.55. The second-order valence-corrected chi connectivity index (χ2v) is 6.95.